The minimum absolute atomic E-state index is 0.0488. The van der Waals surface area contributed by atoms with Crippen molar-refractivity contribution in [3.05, 3.63) is 119 Å². The first-order chi connectivity index (χ1) is 14.3. The number of aromatic carboxylic acids is 1. The molecule has 0 saturated heterocycles. The van der Waals surface area contributed by atoms with Crippen molar-refractivity contribution in [3.8, 4) is 0 Å². The first kappa shape index (κ1) is 21.0. The lowest BCUT2D eigenvalue weighted by Crippen LogP contribution is -1.98. The van der Waals surface area contributed by atoms with Crippen molar-refractivity contribution in [1.82, 2.24) is 0 Å². The van der Waals surface area contributed by atoms with E-state index in [1.807, 2.05) is 48.5 Å². The van der Waals surface area contributed by atoms with Crippen molar-refractivity contribution < 1.29 is 14.7 Å². The predicted octanol–water partition coefficient (Wildman–Crippen LogP) is 6.10. The number of benzene rings is 3. The van der Waals surface area contributed by atoms with Gasteiger partial charge < -0.3 is 5.11 Å². The SMILES string of the molecule is C=C(Cc1cccc(C(C)=O)c1)c1cccc(C(=C)Cc2cccc(C(=O)O)c2)c1. The molecule has 0 aliphatic carbocycles. The summed E-state index contributed by atoms with van der Waals surface area (Å²) in [5.41, 5.74) is 6.80. The first-order valence-corrected chi connectivity index (χ1v) is 9.72. The van der Waals surface area contributed by atoms with Gasteiger partial charge in [-0.25, -0.2) is 4.79 Å². The summed E-state index contributed by atoms with van der Waals surface area (Å²) >= 11 is 0. The number of Topliss-reactive ketones (excluding diaryl/α,β-unsaturated/α-hetero) is 1. The van der Waals surface area contributed by atoms with Gasteiger partial charge in [0.05, 0.1) is 5.56 Å². The van der Waals surface area contributed by atoms with E-state index in [0.29, 0.717) is 18.4 Å². The molecular formula is C27H24O3. The molecule has 3 rings (SSSR count). The molecule has 0 amide bonds. The molecule has 3 aromatic carbocycles. The van der Waals surface area contributed by atoms with E-state index < -0.39 is 5.97 Å². The highest BCUT2D eigenvalue weighted by molar-refractivity contribution is 5.94. The number of carboxylic acids is 1. The van der Waals surface area contributed by atoms with Crippen molar-refractivity contribution in [2.75, 3.05) is 0 Å². The summed E-state index contributed by atoms with van der Waals surface area (Å²) in [6.45, 7) is 9.99. The first-order valence-electron chi connectivity index (χ1n) is 9.72. The molecule has 0 atom stereocenters. The van der Waals surface area contributed by atoms with Crippen molar-refractivity contribution in [1.29, 1.82) is 0 Å². The molecule has 1 N–H and O–H groups in total. The molecule has 0 heterocycles. The fourth-order valence-corrected chi connectivity index (χ4v) is 3.37. The quantitative estimate of drug-likeness (QED) is 0.468. The lowest BCUT2D eigenvalue weighted by Gasteiger charge is -2.11. The Morgan fingerprint density at radius 1 is 0.700 bits per heavy atom. The van der Waals surface area contributed by atoms with Crippen LogP contribution in [0.1, 0.15) is 49.9 Å². The molecule has 0 bridgehead atoms. The highest BCUT2D eigenvalue weighted by Crippen LogP contribution is 2.24. The van der Waals surface area contributed by atoms with Crippen LogP contribution in [0.5, 0.6) is 0 Å². The average molecular weight is 396 g/mol. The number of ketones is 1. The van der Waals surface area contributed by atoms with Crippen LogP contribution in [0.25, 0.3) is 11.1 Å². The highest BCUT2D eigenvalue weighted by atomic mass is 16.4. The number of allylic oxidation sites excluding steroid dienone is 2. The van der Waals surface area contributed by atoms with E-state index in [9.17, 15) is 14.7 Å². The molecule has 150 valence electrons. The van der Waals surface area contributed by atoms with Crippen LogP contribution in [0.2, 0.25) is 0 Å². The summed E-state index contributed by atoms with van der Waals surface area (Å²) in [5, 5.41) is 9.18. The smallest absolute Gasteiger partial charge is 0.335 e. The van der Waals surface area contributed by atoms with Crippen LogP contribution in [0.3, 0.4) is 0 Å². The lowest BCUT2D eigenvalue weighted by atomic mass is 9.93. The van der Waals surface area contributed by atoms with Gasteiger partial charge in [0, 0.05) is 5.56 Å². The van der Waals surface area contributed by atoms with E-state index in [1.165, 1.54) is 0 Å². The molecule has 0 aliphatic heterocycles. The lowest BCUT2D eigenvalue weighted by molar-refractivity contribution is 0.0696. The average Bonchev–Trinajstić information content (AvgIpc) is 2.74. The second-order valence-electron chi connectivity index (χ2n) is 7.40. The van der Waals surface area contributed by atoms with E-state index in [-0.39, 0.29) is 11.3 Å². The molecule has 3 heteroatoms. The molecule has 30 heavy (non-hydrogen) atoms. The Hall–Kier alpha value is -3.72. The van der Waals surface area contributed by atoms with Crippen LogP contribution >= 0.6 is 0 Å². The van der Waals surface area contributed by atoms with Gasteiger partial charge in [-0.15, -0.1) is 0 Å². The molecule has 0 aliphatic rings. The van der Waals surface area contributed by atoms with E-state index in [0.717, 1.165) is 33.4 Å². The number of hydrogen-bond donors (Lipinski definition) is 1. The minimum atomic E-state index is -0.936. The summed E-state index contributed by atoms with van der Waals surface area (Å²) in [4.78, 5) is 22.8. The number of carbonyl (C=O) groups is 2. The van der Waals surface area contributed by atoms with Crippen LogP contribution in [0.15, 0.2) is 86.0 Å². The van der Waals surface area contributed by atoms with Gasteiger partial charge in [-0.1, -0.05) is 61.7 Å². The Balaban J connectivity index is 1.75. The van der Waals surface area contributed by atoms with Gasteiger partial charge in [0.25, 0.3) is 0 Å². The maximum Gasteiger partial charge on any atom is 0.335 e. The maximum absolute atomic E-state index is 11.6. The standard InChI is InChI=1S/C27H24O3/c1-18(13-21-7-4-11-25(15-21)20(3)28)23-9-6-10-24(17-23)19(2)14-22-8-5-12-26(16-22)27(29)30/h4-12,15-17H,1-2,13-14H2,3H3,(H,29,30). The summed E-state index contributed by atoms with van der Waals surface area (Å²) in [6, 6.07) is 22.6. The fourth-order valence-electron chi connectivity index (χ4n) is 3.37. The summed E-state index contributed by atoms with van der Waals surface area (Å²) in [5.74, 6) is -0.887. The van der Waals surface area contributed by atoms with Crippen molar-refractivity contribution in [3.63, 3.8) is 0 Å². The van der Waals surface area contributed by atoms with Crippen molar-refractivity contribution in [2.45, 2.75) is 19.8 Å². The Morgan fingerprint density at radius 3 is 1.63 bits per heavy atom. The summed E-state index contributed by atoms with van der Waals surface area (Å²) in [6.07, 6.45) is 1.22. The third kappa shape index (κ3) is 5.21. The molecule has 0 unspecified atom stereocenters. The van der Waals surface area contributed by atoms with Gasteiger partial charge in [0.1, 0.15) is 0 Å². The fraction of sp³-hybridized carbons (Fsp3) is 0.111. The molecule has 0 saturated carbocycles. The second-order valence-corrected chi connectivity index (χ2v) is 7.40. The van der Waals surface area contributed by atoms with Gasteiger partial charge in [0.2, 0.25) is 0 Å². The van der Waals surface area contributed by atoms with Crippen LogP contribution in [0, 0.1) is 0 Å². The second kappa shape index (κ2) is 9.19. The van der Waals surface area contributed by atoms with Crippen LogP contribution < -0.4 is 0 Å². The molecular weight excluding hydrogens is 372 g/mol. The van der Waals surface area contributed by atoms with Crippen molar-refractivity contribution in [2.24, 2.45) is 0 Å². The van der Waals surface area contributed by atoms with Crippen LogP contribution in [0.4, 0.5) is 0 Å². The molecule has 0 aromatic heterocycles. The third-order valence-corrected chi connectivity index (χ3v) is 5.02. The Bertz CT molecular complexity index is 1050. The Labute approximate surface area is 177 Å². The summed E-state index contributed by atoms with van der Waals surface area (Å²) < 4.78 is 0. The Kier molecular flexibility index (Phi) is 6.43. The highest BCUT2D eigenvalue weighted by Gasteiger charge is 2.08. The van der Waals surface area contributed by atoms with Gasteiger partial charge in [0.15, 0.2) is 5.78 Å². The largest absolute Gasteiger partial charge is 0.478 e. The van der Waals surface area contributed by atoms with Gasteiger partial charge in [-0.05, 0) is 77.4 Å². The van der Waals surface area contributed by atoms with Gasteiger partial charge in [-0.3, -0.25) is 4.79 Å². The Morgan fingerprint density at radius 2 is 1.13 bits per heavy atom. The number of hydrogen-bond acceptors (Lipinski definition) is 2. The van der Waals surface area contributed by atoms with E-state index in [4.69, 9.17) is 0 Å². The zero-order valence-corrected chi connectivity index (χ0v) is 17.0. The molecule has 0 spiro atoms. The molecule has 3 aromatic rings. The topological polar surface area (TPSA) is 54.4 Å². The monoisotopic (exact) mass is 396 g/mol. The van der Waals surface area contributed by atoms with Crippen LogP contribution in [-0.2, 0) is 12.8 Å². The van der Waals surface area contributed by atoms with Crippen LogP contribution in [-0.4, -0.2) is 16.9 Å². The zero-order chi connectivity index (χ0) is 21.7. The third-order valence-electron chi connectivity index (χ3n) is 5.02. The number of rotatable bonds is 8. The number of carbonyl (C=O) groups excluding carboxylic acids is 1. The molecule has 0 radical (unpaired) electrons. The van der Waals surface area contributed by atoms with E-state index in [1.54, 1.807) is 25.1 Å². The maximum atomic E-state index is 11.6. The van der Waals surface area contributed by atoms with Crippen molar-refractivity contribution >= 4 is 22.9 Å². The summed E-state index contributed by atoms with van der Waals surface area (Å²) in [7, 11) is 0. The van der Waals surface area contributed by atoms with E-state index >= 15 is 0 Å². The van der Waals surface area contributed by atoms with Gasteiger partial charge in [-0.2, -0.15) is 0 Å². The number of carboxylic acid groups (broad SMARTS) is 1. The predicted molar refractivity (Wildman–Crippen MR) is 122 cm³/mol. The van der Waals surface area contributed by atoms with E-state index in [2.05, 4.69) is 19.2 Å². The molecule has 3 nitrogen and oxygen atoms in total. The normalized spacial score (nSPS) is 10.4. The zero-order valence-electron chi connectivity index (χ0n) is 17.0. The minimum Gasteiger partial charge on any atom is -0.478 e. The molecule has 0 fully saturated rings. The van der Waals surface area contributed by atoms with Gasteiger partial charge >= 0.3 is 5.97 Å².